The van der Waals surface area contributed by atoms with Crippen molar-refractivity contribution in [2.45, 2.75) is 13.8 Å². The molecule has 0 saturated carbocycles. The van der Waals surface area contributed by atoms with Crippen molar-refractivity contribution >= 4 is 5.78 Å². The maximum atomic E-state index is 11.0. The molecule has 0 aliphatic heterocycles. The third-order valence-corrected chi connectivity index (χ3v) is 2.32. The molecule has 0 unspecified atom stereocenters. The topological polar surface area (TPSA) is 48.0 Å². The van der Waals surface area contributed by atoms with Gasteiger partial charge in [-0.2, -0.15) is 5.10 Å². The molecule has 2 aromatic rings. The van der Waals surface area contributed by atoms with Gasteiger partial charge in [0.2, 0.25) is 0 Å². The average Bonchev–Trinajstić information content (AvgIpc) is 2.74. The van der Waals surface area contributed by atoms with Crippen LogP contribution in [-0.2, 0) is 7.05 Å². The number of ketones is 1. The van der Waals surface area contributed by atoms with Crippen LogP contribution in [0.25, 0.3) is 11.5 Å². The van der Waals surface area contributed by atoms with E-state index in [2.05, 4.69) is 5.10 Å². The Morgan fingerprint density at radius 3 is 2.67 bits per heavy atom. The monoisotopic (exact) mass is 204 g/mol. The Balaban J connectivity index is 2.41. The molecule has 2 rings (SSSR count). The van der Waals surface area contributed by atoms with E-state index in [9.17, 15) is 4.79 Å². The summed E-state index contributed by atoms with van der Waals surface area (Å²) in [5.74, 6) is 0.922. The Morgan fingerprint density at radius 2 is 2.20 bits per heavy atom. The molecule has 0 radical (unpaired) electrons. The SMILES string of the molecule is CC(=O)c1ccc(-c2cc(C)n(C)n2)o1. The highest BCUT2D eigenvalue weighted by atomic mass is 16.3. The van der Waals surface area contributed by atoms with Gasteiger partial charge < -0.3 is 4.42 Å². The largest absolute Gasteiger partial charge is 0.451 e. The first kappa shape index (κ1) is 9.71. The van der Waals surface area contributed by atoms with Crippen LogP contribution in [0.2, 0.25) is 0 Å². The van der Waals surface area contributed by atoms with E-state index in [4.69, 9.17) is 4.42 Å². The van der Waals surface area contributed by atoms with Crippen molar-refractivity contribution < 1.29 is 9.21 Å². The first-order valence-electron chi connectivity index (χ1n) is 4.69. The van der Waals surface area contributed by atoms with Crippen LogP contribution in [0.3, 0.4) is 0 Å². The first-order chi connectivity index (χ1) is 7.08. The van der Waals surface area contributed by atoms with E-state index >= 15 is 0 Å². The van der Waals surface area contributed by atoms with Gasteiger partial charge >= 0.3 is 0 Å². The fourth-order valence-corrected chi connectivity index (χ4v) is 1.35. The fraction of sp³-hybridized carbons (Fsp3) is 0.273. The average molecular weight is 204 g/mol. The van der Waals surface area contributed by atoms with E-state index in [0.717, 1.165) is 11.4 Å². The molecule has 78 valence electrons. The summed E-state index contributed by atoms with van der Waals surface area (Å²) >= 11 is 0. The van der Waals surface area contributed by atoms with Gasteiger partial charge in [0.15, 0.2) is 17.3 Å². The molecule has 0 aromatic carbocycles. The van der Waals surface area contributed by atoms with Crippen molar-refractivity contribution in [1.82, 2.24) is 9.78 Å². The third kappa shape index (κ3) is 1.70. The molecular formula is C11H12N2O2. The summed E-state index contributed by atoms with van der Waals surface area (Å²) in [6.45, 7) is 3.44. The molecule has 4 heteroatoms. The van der Waals surface area contributed by atoms with Gasteiger partial charge in [0.25, 0.3) is 0 Å². The van der Waals surface area contributed by atoms with Crippen molar-refractivity contribution in [3.63, 3.8) is 0 Å². The molecule has 0 atom stereocenters. The summed E-state index contributed by atoms with van der Waals surface area (Å²) in [4.78, 5) is 11.0. The molecular weight excluding hydrogens is 192 g/mol. The molecule has 0 spiro atoms. The van der Waals surface area contributed by atoms with Crippen LogP contribution < -0.4 is 0 Å². The lowest BCUT2D eigenvalue weighted by atomic mass is 10.3. The zero-order valence-corrected chi connectivity index (χ0v) is 8.94. The van der Waals surface area contributed by atoms with Crippen molar-refractivity contribution in [3.05, 3.63) is 29.7 Å². The second kappa shape index (κ2) is 3.38. The van der Waals surface area contributed by atoms with Crippen LogP contribution in [0, 0.1) is 6.92 Å². The van der Waals surface area contributed by atoms with E-state index in [1.54, 1.807) is 16.8 Å². The van der Waals surface area contributed by atoms with E-state index in [1.165, 1.54) is 6.92 Å². The standard InChI is InChI=1S/C11H12N2O2/c1-7-6-9(12-13(7)3)11-5-4-10(15-11)8(2)14/h4-6H,1-3H3. The van der Waals surface area contributed by atoms with Crippen molar-refractivity contribution in [3.8, 4) is 11.5 Å². The Kier molecular flexibility index (Phi) is 2.19. The number of carbonyl (C=O) groups is 1. The minimum Gasteiger partial charge on any atom is -0.451 e. The molecule has 0 saturated heterocycles. The van der Waals surface area contributed by atoms with Crippen LogP contribution in [0.15, 0.2) is 22.6 Å². The molecule has 0 fully saturated rings. The first-order valence-corrected chi connectivity index (χ1v) is 4.69. The second-order valence-electron chi connectivity index (χ2n) is 3.51. The predicted molar refractivity (Wildman–Crippen MR) is 55.7 cm³/mol. The molecule has 0 aliphatic carbocycles. The second-order valence-corrected chi connectivity index (χ2v) is 3.51. The number of aryl methyl sites for hydroxylation is 2. The fourth-order valence-electron chi connectivity index (χ4n) is 1.35. The number of carbonyl (C=O) groups excluding carboxylic acids is 1. The maximum Gasteiger partial charge on any atom is 0.194 e. The number of hydrogen-bond donors (Lipinski definition) is 0. The molecule has 0 aliphatic rings. The summed E-state index contributed by atoms with van der Waals surface area (Å²) in [6, 6.07) is 5.35. The lowest BCUT2D eigenvalue weighted by Crippen LogP contribution is -1.91. The third-order valence-electron chi connectivity index (χ3n) is 2.32. The number of nitrogens with zero attached hydrogens (tertiary/aromatic N) is 2. The van der Waals surface area contributed by atoms with Crippen LogP contribution in [0.4, 0.5) is 0 Å². The van der Waals surface area contributed by atoms with E-state index < -0.39 is 0 Å². The summed E-state index contributed by atoms with van der Waals surface area (Å²) < 4.78 is 7.14. The van der Waals surface area contributed by atoms with Gasteiger partial charge in [-0.05, 0) is 25.1 Å². The van der Waals surface area contributed by atoms with Crippen LogP contribution in [0.1, 0.15) is 23.2 Å². The predicted octanol–water partition coefficient (Wildman–Crippen LogP) is 2.19. The van der Waals surface area contributed by atoms with Gasteiger partial charge in [-0.3, -0.25) is 9.48 Å². The summed E-state index contributed by atoms with van der Waals surface area (Å²) in [5, 5.41) is 4.26. The Morgan fingerprint density at radius 1 is 1.47 bits per heavy atom. The zero-order valence-electron chi connectivity index (χ0n) is 8.94. The van der Waals surface area contributed by atoms with E-state index in [-0.39, 0.29) is 5.78 Å². The van der Waals surface area contributed by atoms with Gasteiger partial charge in [-0.25, -0.2) is 0 Å². The van der Waals surface area contributed by atoms with E-state index in [1.807, 2.05) is 20.0 Å². The van der Waals surface area contributed by atoms with Crippen LogP contribution in [-0.4, -0.2) is 15.6 Å². The zero-order chi connectivity index (χ0) is 11.0. The van der Waals surface area contributed by atoms with Crippen LogP contribution >= 0.6 is 0 Å². The van der Waals surface area contributed by atoms with Crippen molar-refractivity contribution in [2.24, 2.45) is 7.05 Å². The highest BCUT2D eigenvalue weighted by Crippen LogP contribution is 2.21. The summed E-state index contributed by atoms with van der Waals surface area (Å²) in [6.07, 6.45) is 0. The normalized spacial score (nSPS) is 10.6. The van der Waals surface area contributed by atoms with Gasteiger partial charge in [0.05, 0.1) is 0 Å². The minimum atomic E-state index is -0.0751. The van der Waals surface area contributed by atoms with Crippen molar-refractivity contribution in [1.29, 1.82) is 0 Å². The molecule has 4 nitrogen and oxygen atoms in total. The van der Waals surface area contributed by atoms with Gasteiger partial charge in [0.1, 0.15) is 5.69 Å². The molecule has 2 heterocycles. The van der Waals surface area contributed by atoms with Crippen molar-refractivity contribution in [2.75, 3.05) is 0 Å². The molecule has 15 heavy (non-hydrogen) atoms. The maximum absolute atomic E-state index is 11.0. The molecule has 2 aromatic heterocycles. The molecule has 0 bridgehead atoms. The number of furan rings is 1. The quantitative estimate of drug-likeness (QED) is 0.704. The summed E-state index contributed by atoms with van der Waals surface area (Å²) in [5.41, 5.74) is 1.80. The van der Waals surface area contributed by atoms with Crippen LogP contribution in [0.5, 0.6) is 0 Å². The van der Waals surface area contributed by atoms with Gasteiger partial charge in [0, 0.05) is 19.7 Å². The highest BCUT2D eigenvalue weighted by molar-refractivity contribution is 5.91. The minimum absolute atomic E-state index is 0.0751. The van der Waals surface area contributed by atoms with Gasteiger partial charge in [-0.15, -0.1) is 0 Å². The Labute approximate surface area is 87.5 Å². The Bertz CT molecular complexity index is 489. The number of aromatic nitrogens is 2. The Hall–Kier alpha value is -1.84. The summed E-state index contributed by atoms with van der Waals surface area (Å²) in [7, 11) is 1.87. The highest BCUT2D eigenvalue weighted by Gasteiger charge is 2.11. The lowest BCUT2D eigenvalue weighted by molar-refractivity contribution is 0.0988. The number of Topliss-reactive ketones (excluding diaryl/α,β-unsaturated/α-hetero) is 1. The number of hydrogen-bond acceptors (Lipinski definition) is 3. The van der Waals surface area contributed by atoms with E-state index in [0.29, 0.717) is 11.5 Å². The van der Waals surface area contributed by atoms with Gasteiger partial charge in [-0.1, -0.05) is 0 Å². The lowest BCUT2D eigenvalue weighted by Gasteiger charge is -1.90. The number of rotatable bonds is 2. The molecule has 0 amide bonds. The molecule has 0 N–H and O–H groups in total. The smallest absolute Gasteiger partial charge is 0.194 e.